The lowest BCUT2D eigenvalue weighted by molar-refractivity contribution is -0.136. The molecule has 3 rings (SSSR count). The number of fused-ring (bicyclic) bond motifs is 1. The highest BCUT2D eigenvalue weighted by molar-refractivity contribution is 7.17. The van der Waals surface area contributed by atoms with Gasteiger partial charge in [-0.2, -0.15) is 0 Å². The Kier molecular flexibility index (Phi) is 4.22. The average Bonchev–Trinajstić information content (AvgIpc) is 3.02. The number of carboxylic acids is 1. The smallest absolute Gasteiger partial charge is 0.309 e. The molecule has 2 aromatic heterocycles. The van der Waals surface area contributed by atoms with E-state index in [-0.39, 0.29) is 6.42 Å². The van der Waals surface area contributed by atoms with Gasteiger partial charge in [-0.15, -0.1) is 11.3 Å². The van der Waals surface area contributed by atoms with E-state index in [0.29, 0.717) is 11.6 Å². The van der Waals surface area contributed by atoms with Crippen LogP contribution in [-0.4, -0.2) is 20.5 Å². The van der Waals surface area contributed by atoms with Crippen LogP contribution in [0.25, 0.3) is 16.2 Å². The lowest BCUT2D eigenvalue weighted by atomic mass is 10.0. The first kappa shape index (κ1) is 15.7. The maximum absolute atomic E-state index is 10.9. The van der Waals surface area contributed by atoms with Crippen molar-refractivity contribution in [1.29, 1.82) is 0 Å². The Bertz CT molecular complexity index is 844. The molecule has 0 spiro atoms. The fourth-order valence-corrected chi connectivity index (χ4v) is 3.82. The summed E-state index contributed by atoms with van der Waals surface area (Å²) < 4.78 is 2.03. The zero-order valence-electron chi connectivity index (χ0n) is 13.5. The fourth-order valence-electron chi connectivity index (χ4n) is 2.74. The van der Waals surface area contributed by atoms with Gasteiger partial charge in [0.2, 0.25) is 0 Å². The monoisotopic (exact) mass is 328 g/mol. The third-order valence-electron chi connectivity index (χ3n) is 3.95. The number of nitrogens with zero attached hydrogens (tertiary/aromatic N) is 2. The van der Waals surface area contributed by atoms with Crippen molar-refractivity contribution < 1.29 is 9.90 Å². The van der Waals surface area contributed by atoms with Crippen LogP contribution in [0.15, 0.2) is 30.5 Å². The quantitative estimate of drug-likeness (QED) is 0.756. The van der Waals surface area contributed by atoms with Crippen LogP contribution in [0.3, 0.4) is 0 Å². The Morgan fingerprint density at radius 3 is 2.57 bits per heavy atom. The third kappa shape index (κ3) is 3.01. The number of imidazole rings is 1. The minimum atomic E-state index is -0.852. The zero-order valence-corrected chi connectivity index (χ0v) is 14.4. The topological polar surface area (TPSA) is 54.6 Å². The van der Waals surface area contributed by atoms with Gasteiger partial charge in [-0.1, -0.05) is 45.0 Å². The molecule has 1 N–H and O–H groups in total. The molecule has 0 bridgehead atoms. The molecule has 3 aromatic rings. The van der Waals surface area contributed by atoms with Crippen molar-refractivity contribution in [3.05, 3.63) is 46.6 Å². The summed E-state index contributed by atoms with van der Waals surface area (Å²) in [5.41, 5.74) is 4.20. The van der Waals surface area contributed by atoms with E-state index in [4.69, 9.17) is 5.11 Å². The maximum Gasteiger partial charge on any atom is 0.309 e. The molecule has 0 aliphatic heterocycles. The van der Waals surface area contributed by atoms with Crippen LogP contribution in [0.4, 0.5) is 0 Å². The van der Waals surface area contributed by atoms with E-state index < -0.39 is 5.97 Å². The molecule has 0 unspecified atom stereocenters. The van der Waals surface area contributed by atoms with E-state index in [1.54, 1.807) is 11.3 Å². The highest BCUT2D eigenvalue weighted by Gasteiger charge is 2.16. The van der Waals surface area contributed by atoms with Gasteiger partial charge in [0.25, 0.3) is 0 Å². The average molecular weight is 328 g/mol. The molecule has 120 valence electrons. The van der Waals surface area contributed by atoms with Crippen LogP contribution < -0.4 is 0 Å². The summed E-state index contributed by atoms with van der Waals surface area (Å²) in [4.78, 5) is 17.5. The van der Waals surface area contributed by atoms with Gasteiger partial charge in [-0.3, -0.25) is 9.20 Å². The second-order valence-corrected chi connectivity index (χ2v) is 7.02. The number of rotatable bonds is 5. The molecule has 0 atom stereocenters. The Morgan fingerprint density at radius 1 is 1.30 bits per heavy atom. The molecule has 0 radical (unpaired) electrons. The molecule has 4 nitrogen and oxygen atoms in total. The number of hydrogen-bond acceptors (Lipinski definition) is 3. The molecule has 23 heavy (non-hydrogen) atoms. The van der Waals surface area contributed by atoms with Crippen LogP contribution in [0.1, 0.15) is 42.8 Å². The van der Waals surface area contributed by atoms with Crippen molar-refractivity contribution in [3.8, 4) is 11.3 Å². The van der Waals surface area contributed by atoms with Gasteiger partial charge in [0.05, 0.1) is 17.8 Å². The van der Waals surface area contributed by atoms with Crippen LogP contribution in [-0.2, 0) is 17.6 Å². The van der Waals surface area contributed by atoms with Crippen molar-refractivity contribution in [3.63, 3.8) is 0 Å². The summed E-state index contributed by atoms with van der Waals surface area (Å²) in [6.45, 7) is 6.50. The summed E-state index contributed by atoms with van der Waals surface area (Å²) in [6.07, 6.45) is 2.75. The minimum Gasteiger partial charge on any atom is -0.481 e. The number of thiazole rings is 1. The van der Waals surface area contributed by atoms with Gasteiger partial charge in [-0.05, 0) is 23.5 Å². The number of hydrogen-bond donors (Lipinski definition) is 1. The predicted molar refractivity (Wildman–Crippen MR) is 93.3 cm³/mol. The predicted octanol–water partition coefficient (Wildman–Crippen LogP) is 4.38. The van der Waals surface area contributed by atoms with Gasteiger partial charge < -0.3 is 5.11 Å². The Hall–Kier alpha value is -2.14. The summed E-state index contributed by atoms with van der Waals surface area (Å²) in [6, 6.07) is 8.62. The van der Waals surface area contributed by atoms with E-state index in [1.807, 2.05) is 10.6 Å². The first-order valence-corrected chi connectivity index (χ1v) is 8.63. The summed E-state index contributed by atoms with van der Waals surface area (Å²) in [5, 5.41) is 8.95. The molecule has 2 heterocycles. The van der Waals surface area contributed by atoms with Crippen molar-refractivity contribution in [2.45, 2.75) is 39.5 Å². The highest BCUT2D eigenvalue weighted by Crippen LogP contribution is 2.33. The SMILES string of the molecule is CCc1sc2nc(CC(=O)O)cn2c1-c1ccc(C(C)C)cc1. The van der Waals surface area contributed by atoms with Gasteiger partial charge in [0.1, 0.15) is 0 Å². The second kappa shape index (κ2) is 6.16. The summed E-state index contributed by atoms with van der Waals surface area (Å²) in [7, 11) is 0. The van der Waals surface area contributed by atoms with Gasteiger partial charge in [-0.25, -0.2) is 4.98 Å². The number of benzene rings is 1. The molecule has 0 aliphatic carbocycles. The van der Waals surface area contributed by atoms with Crippen LogP contribution >= 0.6 is 11.3 Å². The van der Waals surface area contributed by atoms with Crippen molar-refractivity contribution >= 4 is 22.3 Å². The molecule has 0 aliphatic rings. The van der Waals surface area contributed by atoms with Crippen molar-refractivity contribution in [2.24, 2.45) is 0 Å². The molecule has 0 saturated heterocycles. The van der Waals surface area contributed by atoms with Gasteiger partial charge >= 0.3 is 5.97 Å². The van der Waals surface area contributed by atoms with Crippen molar-refractivity contribution in [1.82, 2.24) is 9.38 Å². The number of carbonyl (C=O) groups is 1. The molecule has 0 fully saturated rings. The van der Waals surface area contributed by atoms with E-state index >= 15 is 0 Å². The van der Waals surface area contributed by atoms with Crippen LogP contribution in [0.5, 0.6) is 0 Å². The molecule has 5 heteroatoms. The number of aromatic nitrogens is 2. The molecule has 1 aromatic carbocycles. The Labute approximate surface area is 139 Å². The van der Waals surface area contributed by atoms with E-state index in [2.05, 4.69) is 50.0 Å². The standard InChI is InChI=1S/C18H20N2O2S/c1-4-15-17(13-7-5-12(6-8-13)11(2)3)20-10-14(9-16(21)22)19-18(20)23-15/h5-8,10-11H,4,9H2,1-3H3,(H,21,22). The van der Waals surface area contributed by atoms with Gasteiger partial charge in [0.15, 0.2) is 4.96 Å². The van der Waals surface area contributed by atoms with E-state index in [0.717, 1.165) is 22.6 Å². The third-order valence-corrected chi connectivity index (χ3v) is 5.15. The molecule has 0 amide bonds. The Balaban J connectivity index is 2.09. The second-order valence-electron chi connectivity index (χ2n) is 5.96. The minimum absolute atomic E-state index is 0.0401. The van der Waals surface area contributed by atoms with E-state index in [1.165, 1.54) is 10.4 Å². The Morgan fingerprint density at radius 2 is 2.00 bits per heavy atom. The zero-order chi connectivity index (χ0) is 16.6. The fraction of sp³-hybridized carbons (Fsp3) is 0.333. The lowest BCUT2D eigenvalue weighted by Gasteiger charge is -2.08. The number of aryl methyl sites for hydroxylation is 1. The van der Waals surface area contributed by atoms with Crippen molar-refractivity contribution in [2.75, 3.05) is 0 Å². The van der Waals surface area contributed by atoms with Crippen LogP contribution in [0, 0.1) is 0 Å². The largest absolute Gasteiger partial charge is 0.481 e. The number of carboxylic acid groups (broad SMARTS) is 1. The highest BCUT2D eigenvalue weighted by atomic mass is 32.1. The molecule has 0 saturated carbocycles. The first-order valence-electron chi connectivity index (χ1n) is 7.81. The van der Waals surface area contributed by atoms with Gasteiger partial charge in [0, 0.05) is 11.1 Å². The number of aliphatic carboxylic acids is 1. The van der Waals surface area contributed by atoms with Crippen LogP contribution in [0.2, 0.25) is 0 Å². The maximum atomic E-state index is 10.9. The lowest BCUT2D eigenvalue weighted by Crippen LogP contribution is -2.00. The normalized spacial score (nSPS) is 11.5. The first-order chi connectivity index (χ1) is 11.0. The molecular formula is C18H20N2O2S. The summed E-state index contributed by atoms with van der Waals surface area (Å²) in [5.74, 6) is -0.345. The summed E-state index contributed by atoms with van der Waals surface area (Å²) >= 11 is 1.64. The van der Waals surface area contributed by atoms with E-state index in [9.17, 15) is 4.79 Å². The molecular weight excluding hydrogens is 308 g/mol.